The zero-order chi connectivity index (χ0) is 13.4. The molecule has 0 radical (unpaired) electrons. The Hall–Kier alpha value is -2.15. The summed E-state index contributed by atoms with van der Waals surface area (Å²) in [6.07, 6.45) is 0. The molecule has 0 saturated carbocycles. The van der Waals surface area contributed by atoms with Gasteiger partial charge in [0.15, 0.2) is 11.3 Å². The summed E-state index contributed by atoms with van der Waals surface area (Å²) in [5.41, 5.74) is 1.40. The van der Waals surface area contributed by atoms with Crippen LogP contribution in [0.4, 0.5) is 5.82 Å². The number of hydrogen-bond acceptors (Lipinski definition) is 5. The van der Waals surface area contributed by atoms with Crippen LogP contribution in [0.5, 0.6) is 0 Å². The van der Waals surface area contributed by atoms with Crippen molar-refractivity contribution in [2.45, 2.75) is 6.92 Å². The van der Waals surface area contributed by atoms with Gasteiger partial charge in [-0.3, -0.25) is 0 Å². The normalized spacial score (nSPS) is 15.9. The average molecular weight is 262 g/mol. The molecule has 1 fully saturated rings. The minimum absolute atomic E-state index is 0.00705. The zero-order valence-electron chi connectivity index (χ0n) is 10.5. The predicted octanol–water partition coefficient (Wildman–Crippen LogP) is 0.573. The SMILES string of the molecule is Cc1cc(N2CCOCC2)n2nc(C(=O)O)cc2n1. The van der Waals surface area contributed by atoms with Crippen molar-refractivity contribution in [3.8, 4) is 0 Å². The molecule has 2 aromatic rings. The molecule has 0 bridgehead atoms. The van der Waals surface area contributed by atoms with E-state index in [0.717, 1.165) is 24.6 Å². The second-order valence-electron chi connectivity index (χ2n) is 4.46. The second-order valence-corrected chi connectivity index (χ2v) is 4.46. The van der Waals surface area contributed by atoms with Gasteiger partial charge in [0.25, 0.3) is 0 Å². The fourth-order valence-electron chi connectivity index (χ4n) is 2.20. The molecule has 7 nitrogen and oxygen atoms in total. The van der Waals surface area contributed by atoms with Crippen LogP contribution in [0.3, 0.4) is 0 Å². The van der Waals surface area contributed by atoms with Gasteiger partial charge in [0.1, 0.15) is 5.82 Å². The number of aromatic carboxylic acids is 1. The topological polar surface area (TPSA) is 80.0 Å². The van der Waals surface area contributed by atoms with Crippen LogP contribution < -0.4 is 4.90 Å². The molecule has 1 aliphatic rings. The Balaban J connectivity index is 2.13. The molecular formula is C12H14N4O3. The molecule has 0 spiro atoms. The molecule has 0 aliphatic carbocycles. The fourth-order valence-corrected chi connectivity index (χ4v) is 2.20. The highest BCUT2D eigenvalue weighted by atomic mass is 16.5. The summed E-state index contributed by atoms with van der Waals surface area (Å²) in [5, 5.41) is 13.1. The van der Waals surface area contributed by atoms with Crippen molar-refractivity contribution in [2.24, 2.45) is 0 Å². The van der Waals surface area contributed by atoms with Gasteiger partial charge in [0.2, 0.25) is 0 Å². The third-order valence-electron chi connectivity index (χ3n) is 3.09. The number of nitrogens with zero attached hydrogens (tertiary/aromatic N) is 4. The Morgan fingerprint density at radius 3 is 2.79 bits per heavy atom. The summed E-state index contributed by atoms with van der Waals surface area (Å²) < 4.78 is 6.91. The Morgan fingerprint density at radius 2 is 2.11 bits per heavy atom. The van der Waals surface area contributed by atoms with Gasteiger partial charge in [0, 0.05) is 30.9 Å². The highest BCUT2D eigenvalue weighted by Gasteiger charge is 2.18. The Bertz CT molecular complexity index is 631. The van der Waals surface area contributed by atoms with Crippen molar-refractivity contribution >= 4 is 17.4 Å². The largest absolute Gasteiger partial charge is 0.476 e. The maximum absolute atomic E-state index is 11.0. The summed E-state index contributed by atoms with van der Waals surface area (Å²) in [6, 6.07) is 3.40. The minimum atomic E-state index is -1.05. The Kier molecular flexibility index (Phi) is 2.83. The first kappa shape index (κ1) is 11.9. The van der Waals surface area contributed by atoms with Crippen molar-refractivity contribution < 1.29 is 14.6 Å². The third kappa shape index (κ3) is 2.12. The van der Waals surface area contributed by atoms with Crippen LogP contribution in [-0.2, 0) is 4.74 Å². The van der Waals surface area contributed by atoms with Crippen LogP contribution in [0.15, 0.2) is 12.1 Å². The van der Waals surface area contributed by atoms with Gasteiger partial charge in [-0.15, -0.1) is 0 Å². The summed E-state index contributed by atoms with van der Waals surface area (Å²) in [7, 11) is 0. The Labute approximate surface area is 109 Å². The van der Waals surface area contributed by atoms with E-state index in [-0.39, 0.29) is 5.69 Å². The molecule has 100 valence electrons. The number of fused-ring (bicyclic) bond motifs is 1. The van der Waals surface area contributed by atoms with Gasteiger partial charge in [-0.2, -0.15) is 9.61 Å². The lowest BCUT2D eigenvalue weighted by Gasteiger charge is -2.28. The summed E-state index contributed by atoms with van der Waals surface area (Å²) in [5.74, 6) is -0.186. The predicted molar refractivity (Wildman–Crippen MR) is 67.7 cm³/mol. The second kappa shape index (κ2) is 4.51. The molecule has 7 heteroatoms. The first-order valence-corrected chi connectivity index (χ1v) is 6.08. The van der Waals surface area contributed by atoms with Crippen molar-refractivity contribution in [3.63, 3.8) is 0 Å². The first-order chi connectivity index (χ1) is 9.15. The van der Waals surface area contributed by atoms with E-state index in [2.05, 4.69) is 15.0 Å². The number of rotatable bonds is 2. The first-order valence-electron chi connectivity index (χ1n) is 6.08. The summed E-state index contributed by atoms with van der Waals surface area (Å²) >= 11 is 0. The number of ether oxygens (including phenoxy) is 1. The van der Waals surface area contributed by atoms with Crippen LogP contribution in [-0.4, -0.2) is 52.0 Å². The molecular weight excluding hydrogens is 248 g/mol. The highest BCUT2D eigenvalue weighted by molar-refractivity contribution is 5.86. The van der Waals surface area contributed by atoms with Crippen molar-refractivity contribution in [1.29, 1.82) is 0 Å². The van der Waals surface area contributed by atoms with E-state index in [1.807, 2.05) is 13.0 Å². The number of aryl methyl sites for hydroxylation is 1. The number of morpholine rings is 1. The van der Waals surface area contributed by atoms with Crippen LogP contribution in [0.1, 0.15) is 16.2 Å². The number of carboxylic acids is 1. The molecule has 19 heavy (non-hydrogen) atoms. The van der Waals surface area contributed by atoms with Crippen LogP contribution in [0.25, 0.3) is 5.65 Å². The Morgan fingerprint density at radius 1 is 1.37 bits per heavy atom. The van der Waals surface area contributed by atoms with Crippen LogP contribution in [0.2, 0.25) is 0 Å². The zero-order valence-corrected chi connectivity index (χ0v) is 10.5. The molecule has 0 amide bonds. The van der Waals surface area contributed by atoms with Gasteiger partial charge in [-0.05, 0) is 6.92 Å². The number of anilines is 1. The van der Waals surface area contributed by atoms with Crippen molar-refractivity contribution in [1.82, 2.24) is 14.6 Å². The number of carbonyl (C=O) groups is 1. The quantitative estimate of drug-likeness (QED) is 0.852. The molecule has 0 atom stereocenters. The molecule has 1 saturated heterocycles. The minimum Gasteiger partial charge on any atom is -0.476 e. The standard InChI is InChI=1S/C12H14N4O3/c1-8-6-11(15-2-4-19-5-3-15)16-10(13-8)7-9(14-16)12(17)18/h6-7H,2-5H2,1H3,(H,17,18). The fraction of sp³-hybridized carbons (Fsp3) is 0.417. The average Bonchev–Trinajstić information content (AvgIpc) is 2.82. The van der Waals surface area contributed by atoms with Gasteiger partial charge in [-0.1, -0.05) is 0 Å². The maximum atomic E-state index is 11.0. The number of carboxylic acid groups (broad SMARTS) is 1. The number of aromatic nitrogens is 3. The smallest absolute Gasteiger partial charge is 0.356 e. The van der Waals surface area contributed by atoms with Crippen LogP contribution in [0, 0.1) is 6.92 Å². The van der Waals surface area contributed by atoms with Gasteiger partial charge in [0.05, 0.1) is 13.2 Å². The van der Waals surface area contributed by atoms with E-state index in [0.29, 0.717) is 18.9 Å². The maximum Gasteiger partial charge on any atom is 0.356 e. The van der Waals surface area contributed by atoms with Gasteiger partial charge in [-0.25, -0.2) is 9.78 Å². The lowest BCUT2D eigenvalue weighted by molar-refractivity contribution is 0.0690. The van der Waals surface area contributed by atoms with Gasteiger partial charge >= 0.3 is 5.97 Å². The highest BCUT2D eigenvalue weighted by Crippen LogP contribution is 2.19. The third-order valence-corrected chi connectivity index (χ3v) is 3.09. The van der Waals surface area contributed by atoms with E-state index in [9.17, 15) is 4.79 Å². The van der Waals surface area contributed by atoms with Crippen molar-refractivity contribution in [2.75, 3.05) is 31.2 Å². The van der Waals surface area contributed by atoms with E-state index >= 15 is 0 Å². The molecule has 3 rings (SSSR count). The molecule has 2 aromatic heterocycles. The van der Waals surface area contributed by atoms with Crippen LogP contribution >= 0.6 is 0 Å². The summed E-state index contributed by atoms with van der Waals surface area (Å²) in [6.45, 7) is 4.74. The molecule has 1 N–H and O–H groups in total. The summed E-state index contributed by atoms with van der Waals surface area (Å²) in [4.78, 5) is 17.4. The van der Waals surface area contributed by atoms with E-state index < -0.39 is 5.97 Å². The lowest BCUT2D eigenvalue weighted by Crippen LogP contribution is -2.37. The number of hydrogen-bond donors (Lipinski definition) is 1. The van der Waals surface area contributed by atoms with E-state index in [1.165, 1.54) is 6.07 Å². The van der Waals surface area contributed by atoms with Crippen molar-refractivity contribution in [3.05, 3.63) is 23.5 Å². The molecule has 1 aliphatic heterocycles. The van der Waals surface area contributed by atoms with E-state index in [4.69, 9.17) is 9.84 Å². The van der Waals surface area contributed by atoms with Gasteiger partial charge < -0.3 is 14.7 Å². The monoisotopic (exact) mass is 262 g/mol. The lowest BCUT2D eigenvalue weighted by atomic mass is 10.3. The molecule has 0 aromatic carbocycles. The molecule has 3 heterocycles. The van der Waals surface area contributed by atoms with E-state index in [1.54, 1.807) is 4.52 Å². The molecule has 0 unspecified atom stereocenters.